The maximum absolute atomic E-state index is 12.6. The molecular formula is C21H22N10O2. The van der Waals surface area contributed by atoms with E-state index in [1.165, 1.54) is 0 Å². The zero-order chi connectivity index (χ0) is 22.6. The van der Waals surface area contributed by atoms with E-state index in [9.17, 15) is 4.79 Å². The van der Waals surface area contributed by atoms with Crippen LogP contribution in [0, 0.1) is 6.92 Å². The molecule has 1 saturated heterocycles. The molecule has 0 N–H and O–H groups in total. The summed E-state index contributed by atoms with van der Waals surface area (Å²) in [7, 11) is 0. The molecule has 0 aliphatic carbocycles. The maximum Gasteiger partial charge on any atom is 0.260 e. The quantitative estimate of drug-likeness (QED) is 0.421. The molecule has 33 heavy (non-hydrogen) atoms. The molecule has 12 nitrogen and oxygen atoms in total. The molecule has 0 spiro atoms. The number of rotatable bonds is 6. The van der Waals surface area contributed by atoms with Gasteiger partial charge in [0.15, 0.2) is 12.4 Å². The summed E-state index contributed by atoms with van der Waals surface area (Å²) in [6.45, 7) is 4.33. The van der Waals surface area contributed by atoms with Crippen molar-refractivity contribution in [2.24, 2.45) is 0 Å². The highest BCUT2D eigenvalue weighted by molar-refractivity contribution is 5.78. The molecule has 0 atom stereocenters. The summed E-state index contributed by atoms with van der Waals surface area (Å²) >= 11 is 0. The number of aromatic nitrogens is 8. The van der Waals surface area contributed by atoms with Gasteiger partial charge in [0.05, 0.1) is 0 Å². The Labute approximate surface area is 189 Å². The fourth-order valence-corrected chi connectivity index (χ4v) is 3.59. The third-order valence-corrected chi connectivity index (χ3v) is 5.38. The van der Waals surface area contributed by atoms with Gasteiger partial charge in [-0.2, -0.15) is 5.10 Å². The standard InChI is InChI=1S/C21H22N10O2/c1-16-22-6-8-30(16)19-13-18(23-15-24-19)28-9-11-29(12-10-28)21(32)14-33-20-4-3-17(26-27-20)31-7-2-5-25-31/h2-8,13,15H,9-12,14H2,1H3. The molecular weight excluding hydrogens is 424 g/mol. The molecule has 0 aromatic carbocycles. The van der Waals surface area contributed by atoms with Gasteiger partial charge in [-0.1, -0.05) is 0 Å². The van der Waals surface area contributed by atoms with Crippen LogP contribution >= 0.6 is 0 Å². The molecule has 5 rings (SSSR count). The van der Waals surface area contributed by atoms with Gasteiger partial charge in [-0.05, 0) is 19.1 Å². The van der Waals surface area contributed by atoms with Crippen LogP contribution in [0.25, 0.3) is 11.6 Å². The Morgan fingerprint density at radius 2 is 1.82 bits per heavy atom. The molecule has 0 bridgehead atoms. The summed E-state index contributed by atoms with van der Waals surface area (Å²) in [5.41, 5.74) is 0. The van der Waals surface area contributed by atoms with E-state index in [4.69, 9.17) is 4.74 Å². The lowest BCUT2D eigenvalue weighted by Crippen LogP contribution is -2.50. The Kier molecular flexibility index (Phi) is 5.62. The number of aryl methyl sites for hydroxylation is 1. The number of hydrogen-bond acceptors (Lipinski definition) is 9. The van der Waals surface area contributed by atoms with Crippen molar-refractivity contribution in [3.8, 4) is 17.5 Å². The Balaban J connectivity index is 1.14. The van der Waals surface area contributed by atoms with Crippen molar-refractivity contribution in [2.45, 2.75) is 6.92 Å². The Hall–Kier alpha value is -4.35. The average Bonchev–Trinajstić information content (AvgIpc) is 3.55. The van der Waals surface area contributed by atoms with Crippen molar-refractivity contribution >= 4 is 11.7 Å². The average molecular weight is 446 g/mol. The second-order valence-corrected chi connectivity index (χ2v) is 7.42. The number of carbonyl (C=O) groups excluding carboxylic acids is 1. The van der Waals surface area contributed by atoms with E-state index in [-0.39, 0.29) is 12.5 Å². The minimum atomic E-state index is -0.0926. The minimum absolute atomic E-state index is 0.0899. The van der Waals surface area contributed by atoms with Crippen LogP contribution < -0.4 is 9.64 Å². The largest absolute Gasteiger partial charge is 0.466 e. The zero-order valence-corrected chi connectivity index (χ0v) is 18.0. The molecule has 12 heteroatoms. The van der Waals surface area contributed by atoms with Crippen LogP contribution in [0.3, 0.4) is 0 Å². The van der Waals surface area contributed by atoms with Crippen molar-refractivity contribution in [3.63, 3.8) is 0 Å². The monoisotopic (exact) mass is 446 g/mol. The lowest BCUT2D eigenvalue weighted by molar-refractivity contribution is -0.133. The van der Waals surface area contributed by atoms with Crippen LogP contribution in [0.5, 0.6) is 5.88 Å². The minimum Gasteiger partial charge on any atom is -0.466 e. The molecule has 0 radical (unpaired) electrons. The second kappa shape index (κ2) is 9.02. The van der Waals surface area contributed by atoms with Crippen molar-refractivity contribution < 1.29 is 9.53 Å². The van der Waals surface area contributed by atoms with E-state index < -0.39 is 0 Å². The second-order valence-electron chi connectivity index (χ2n) is 7.42. The number of ether oxygens (including phenoxy) is 1. The van der Waals surface area contributed by atoms with Gasteiger partial charge in [-0.3, -0.25) is 9.36 Å². The van der Waals surface area contributed by atoms with E-state index in [0.29, 0.717) is 37.9 Å². The third-order valence-electron chi connectivity index (χ3n) is 5.38. The number of amides is 1. The fourth-order valence-electron chi connectivity index (χ4n) is 3.59. The van der Waals surface area contributed by atoms with Crippen LogP contribution in [0.2, 0.25) is 0 Å². The van der Waals surface area contributed by atoms with E-state index in [1.807, 2.05) is 23.8 Å². The van der Waals surface area contributed by atoms with Gasteiger partial charge in [0.1, 0.15) is 23.8 Å². The highest BCUT2D eigenvalue weighted by Gasteiger charge is 2.23. The van der Waals surface area contributed by atoms with E-state index in [0.717, 1.165) is 17.5 Å². The van der Waals surface area contributed by atoms with Crippen LogP contribution in [-0.4, -0.2) is 83.1 Å². The topological polar surface area (TPSA) is 120 Å². The lowest BCUT2D eigenvalue weighted by atomic mass is 10.3. The van der Waals surface area contributed by atoms with Crippen molar-refractivity contribution in [3.05, 3.63) is 61.2 Å². The summed E-state index contributed by atoms with van der Waals surface area (Å²) in [4.78, 5) is 29.5. The molecule has 1 aliphatic rings. The number of anilines is 1. The number of carbonyl (C=O) groups is 1. The molecule has 0 unspecified atom stereocenters. The van der Waals surface area contributed by atoms with E-state index >= 15 is 0 Å². The summed E-state index contributed by atoms with van der Waals surface area (Å²) < 4.78 is 9.04. The number of hydrogen-bond donors (Lipinski definition) is 0. The molecule has 1 amide bonds. The smallest absolute Gasteiger partial charge is 0.260 e. The maximum atomic E-state index is 12.6. The predicted molar refractivity (Wildman–Crippen MR) is 117 cm³/mol. The summed E-state index contributed by atoms with van der Waals surface area (Å²) in [6, 6.07) is 7.14. The van der Waals surface area contributed by atoms with Gasteiger partial charge in [-0.25, -0.2) is 19.6 Å². The summed E-state index contributed by atoms with van der Waals surface area (Å²) in [5, 5.41) is 12.2. The third kappa shape index (κ3) is 4.49. The molecule has 5 heterocycles. The highest BCUT2D eigenvalue weighted by Crippen LogP contribution is 2.17. The van der Waals surface area contributed by atoms with Gasteiger partial charge < -0.3 is 14.5 Å². The SMILES string of the molecule is Cc1nccn1-c1cc(N2CCN(C(=O)COc3ccc(-n4cccn4)nn3)CC2)ncn1. The first-order valence-corrected chi connectivity index (χ1v) is 10.5. The molecule has 1 aliphatic heterocycles. The molecule has 168 valence electrons. The first kappa shape index (κ1) is 20.5. The molecule has 4 aromatic rings. The number of piperazine rings is 1. The van der Waals surface area contributed by atoms with Crippen LogP contribution in [0.15, 0.2) is 55.4 Å². The van der Waals surface area contributed by atoms with Crippen LogP contribution in [-0.2, 0) is 4.79 Å². The van der Waals surface area contributed by atoms with Gasteiger partial charge in [0.2, 0.25) is 5.88 Å². The fraction of sp³-hybridized carbons (Fsp3) is 0.286. The van der Waals surface area contributed by atoms with Crippen LogP contribution in [0.4, 0.5) is 5.82 Å². The molecule has 0 saturated carbocycles. The number of imidazole rings is 1. The van der Waals surface area contributed by atoms with Crippen molar-refractivity contribution in [1.29, 1.82) is 0 Å². The molecule has 1 fully saturated rings. The predicted octanol–water partition coefficient (Wildman–Crippen LogP) is 0.674. The molecule has 4 aromatic heterocycles. The van der Waals surface area contributed by atoms with E-state index in [1.54, 1.807) is 52.7 Å². The first-order chi connectivity index (χ1) is 16.2. The van der Waals surface area contributed by atoms with E-state index in [2.05, 4.69) is 35.1 Å². The Bertz CT molecular complexity index is 1210. The summed E-state index contributed by atoms with van der Waals surface area (Å²) in [6.07, 6.45) is 8.59. The highest BCUT2D eigenvalue weighted by atomic mass is 16.5. The zero-order valence-electron chi connectivity index (χ0n) is 18.0. The number of nitrogens with zero attached hydrogens (tertiary/aromatic N) is 10. The van der Waals surface area contributed by atoms with Crippen molar-refractivity contribution in [2.75, 3.05) is 37.7 Å². The van der Waals surface area contributed by atoms with Gasteiger partial charge in [0, 0.05) is 63.1 Å². The first-order valence-electron chi connectivity index (χ1n) is 10.5. The Morgan fingerprint density at radius 3 is 2.52 bits per heavy atom. The van der Waals surface area contributed by atoms with Crippen molar-refractivity contribution in [1.82, 2.24) is 44.4 Å². The normalized spacial score (nSPS) is 13.8. The van der Waals surface area contributed by atoms with Gasteiger partial charge in [-0.15, -0.1) is 10.2 Å². The van der Waals surface area contributed by atoms with Gasteiger partial charge >= 0.3 is 0 Å². The lowest BCUT2D eigenvalue weighted by Gasteiger charge is -2.35. The van der Waals surface area contributed by atoms with Gasteiger partial charge in [0.25, 0.3) is 5.91 Å². The summed E-state index contributed by atoms with van der Waals surface area (Å²) in [5.74, 6) is 3.22. The van der Waals surface area contributed by atoms with Crippen LogP contribution in [0.1, 0.15) is 5.82 Å². The Morgan fingerprint density at radius 1 is 0.970 bits per heavy atom.